The molecule has 4 aromatic rings. The first-order chi connectivity index (χ1) is 14.9. The summed E-state index contributed by atoms with van der Waals surface area (Å²) in [4.78, 5) is 11.9. The van der Waals surface area contributed by atoms with Gasteiger partial charge in [0.1, 0.15) is 16.5 Å². The first-order valence-electron chi connectivity index (χ1n) is 9.37. The maximum absolute atomic E-state index is 13.5. The van der Waals surface area contributed by atoms with Crippen LogP contribution in [0.5, 0.6) is 5.75 Å². The lowest BCUT2D eigenvalue weighted by molar-refractivity contribution is 0.400. The molecule has 0 atom stereocenters. The minimum Gasteiger partial charge on any atom is -0.495 e. The van der Waals surface area contributed by atoms with Crippen LogP contribution in [-0.4, -0.2) is 36.4 Å². The molecule has 10 heteroatoms. The van der Waals surface area contributed by atoms with Gasteiger partial charge in [-0.15, -0.1) is 0 Å². The van der Waals surface area contributed by atoms with Crippen molar-refractivity contribution in [2.45, 2.75) is 11.4 Å². The molecule has 0 fully saturated rings. The maximum Gasteiger partial charge on any atom is 0.266 e. The fourth-order valence-corrected chi connectivity index (χ4v) is 4.43. The number of methoxy groups -OCH3 is 1. The minimum atomic E-state index is -4.05. The third-order valence-corrected chi connectivity index (χ3v) is 6.21. The Kier molecular flexibility index (Phi) is 5.57. The number of hydrogen-bond donors (Lipinski definition) is 1. The lowest BCUT2D eigenvalue weighted by Crippen LogP contribution is -2.32. The van der Waals surface area contributed by atoms with E-state index in [0.717, 1.165) is 23.0 Å². The van der Waals surface area contributed by atoms with Gasteiger partial charge in [-0.1, -0.05) is 18.2 Å². The highest BCUT2D eigenvalue weighted by Gasteiger charge is 2.20. The first kappa shape index (κ1) is 20.8. The summed E-state index contributed by atoms with van der Waals surface area (Å²) in [5, 5.41) is 5.38. The summed E-state index contributed by atoms with van der Waals surface area (Å²) in [6, 6.07) is 15.9. The predicted molar refractivity (Wildman–Crippen MR) is 113 cm³/mol. The number of nitrogens with one attached hydrogen (secondary N) is 1. The fraction of sp³-hybridized carbons (Fsp3) is 0.143. The molecule has 0 bridgehead atoms. The zero-order valence-corrected chi connectivity index (χ0v) is 17.3. The zero-order chi connectivity index (χ0) is 22.0. The topological polar surface area (TPSA) is 95.2 Å². The molecular formula is C21H19FN4O4S. The van der Waals surface area contributed by atoms with E-state index in [4.69, 9.17) is 4.74 Å². The van der Waals surface area contributed by atoms with Crippen molar-refractivity contribution in [1.29, 1.82) is 0 Å². The molecule has 0 saturated heterocycles. The van der Waals surface area contributed by atoms with Gasteiger partial charge in [0.25, 0.3) is 5.56 Å². The van der Waals surface area contributed by atoms with Crippen LogP contribution in [0.4, 0.5) is 4.39 Å². The van der Waals surface area contributed by atoms with Crippen molar-refractivity contribution in [3.05, 3.63) is 83.0 Å². The highest BCUT2D eigenvalue weighted by atomic mass is 32.2. The maximum atomic E-state index is 13.5. The third kappa shape index (κ3) is 4.21. The first-order valence-corrected chi connectivity index (χ1v) is 10.9. The van der Waals surface area contributed by atoms with E-state index >= 15 is 0 Å². The van der Waals surface area contributed by atoms with Crippen molar-refractivity contribution in [1.82, 2.24) is 19.1 Å². The molecule has 0 aliphatic heterocycles. The number of hydrogen-bond acceptors (Lipinski definition) is 5. The summed E-state index contributed by atoms with van der Waals surface area (Å²) in [5.74, 6) is -0.160. The number of aromatic nitrogens is 3. The molecule has 1 N–H and O–H groups in total. The SMILES string of the molecule is COc1ccc(F)cc1S(=O)(=O)NCCn1nc(-n2ccc3ccccc32)ccc1=O. The summed E-state index contributed by atoms with van der Waals surface area (Å²) in [7, 11) is -2.76. The van der Waals surface area contributed by atoms with E-state index in [1.165, 1.54) is 23.9 Å². The molecular weight excluding hydrogens is 423 g/mol. The zero-order valence-electron chi connectivity index (χ0n) is 16.5. The Morgan fingerprint density at radius 1 is 1.10 bits per heavy atom. The molecule has 31 heavy (non-hydrogen) atoms. The van der Waals surface area contributed by atoms with Crippen molar-refractivity contribution < 1.29 is 17.5 Å². The van der Waals surface area contributed by atoms with E-state index < -0.39 is 15.8 Å². The molecule has 0 aliphatic rings. The van der Waals surface area contributed by atoms with Gasteiger partial charge in [0, 0.05) is 18.8 Å². The normalized spacial score (nSPS) is 11.7. The molecule has 160 valence electrons. The number of fused-ring (bicyclic) bond motifs is 1. The summed E-state index contributed by atoms with van der Waals surface area (Å²) >= 11 is 0. The Bertz CT molecular complexity index is 1410. The monoisotopic (exact) mass is 442 g/mol. The van der Waals surface area contributed by atoms with E-state index in [1.807, 2.05) is 41.1 Å². The fourth-order valence-electron chi connectivity index (χ4n) is 3.23. The molecule has 4 rings (SSSR count). The molecule has 0 spiro atoms. The van der Waals surface area contributed by atoms with E-state index in [0.29, 0.717) is 5.82 Å². The molecule has 0 unspecified atom stereocenters. The largest absolute Gasteiger partial charge is 0.495 e. The average Bonchev–Trinajstić information content (AvgIpc) is 3.19. The van der Waals surface area contributed by atoms with Gasteiger partial charge >= 0.3 is 0 Å². The van der Waals surface area contributed by atoms with E-state index in [2.05, 4.69) is 9.82 Å². The van der Waals surface area contributed by atoms with Gasteiger partial charge in [-0.05, 0) is 41.8 Å². The molecule has 0 aliphatic carbocycles. The molecule has 2 aromatic carbocycles. The number of halogens is 1. The Hall–Kier alpha value is -3.50. The van der Waals surface area contributed by atoms with Crippen LogP contribution in [0.2, 0.25) is 0 Å². The van der Waals surface area contributed by atoms with Crippen molar-refractivity contribution in [3.8, 4) is 11.6 Å². The third-order valence-electron chi connectivity index (χ3n) is 4.73. The van der Waals surface area contributed by atoms with Gasteiger partial charge in [0.05, 0.1) is 19.2 Å². The van der Waals surface area contributed by atoms with Gasteiger partial charge in [0.15, 0.2) is 5.82 Å². The standard InChI is InChI=1S/C21H19FN4O4S/c1-30-18-7-6-16(22)14-19(18)31(28,29)23-11-13-26-21(27)9-8-20(24-26)25-12-10-15-4-2-3-5-17(15)25/h2-10,12,14,23H,11,13H2,1H3. The van der Waals surface area contributed by atoms with Crippen LogP contribution in [0, 0.1) is 5.82 Å². The van der Waals surface area contributed by atoms with Gasteiger partial charge in [-0.25, -0.2) is 22.2 Å². The highest BCUT2D eigenvalue weighted by molar-refractivity contribution is 7.89. The average molecular weight is 442 g/mol. The number of rotatable bonds is 7. The molecule has 2 heterocycles. The van der Waals surface area contributed by atoms with Gasteiger partial charge in [0.2, 0.25) is 10.0 Å². The lowest BCUT2D eigenvalue weighted by atomic mass is 10.2. The second kappa shape index (κ2) is 8.32. The van der Waals surface area contributed by atoms with Gasteiger partial charge in [-0.3, -0.25) is 9.36 Å². The van der Waals surface area contributed by atoms with Crippen molar-refractivity contribution in [2.75, 3.05) is 13.7 Å². The summed E-state index contributed by atoms with van der Waals surface area (Å²) in [5.41, 5.74) is 0.557. The van der Waals surface area contributed by atoms with Crippen molar-refractivity contribution in [3.63, 3.8) is 0 Å². The van der Waals surface area contributed by atoms with Crippen LogP contribution < -0.4 is 15.0 Å². The van der Waals surface area contributed by atoms with Crippen LogP contribution in [0.25, 0.3) is 16.7 Å². The minimum absolute atomic E-state index is 0.0112. The summed E-state index contributed by atoms with van der Waals surface area (Å²) < 4.78 is 49.1. The Morgan fingerprint density at radius 2 is 1.90 bits per heavy atom. The lowest BCUT2D eigenvalue weighted by Gasteiger charge is -2.12. The Labute approximate surface area is 177 Å². The molecule has 2 aromatic heterocycles. The summed E-state index contributed by atoms with van der Waals surface area (Å²) in [6.07, 6.45) is 1.85. The quantitative estimate of drug-likeness (QED) is 0.474. The van der Waals surface area contributed by atoms with Crippen molar-refractivity contribution in [2.24, 2.45) is 0 Å². The second-order valence-corrected chi connectivity index (χ2v) is 8.43. The number of sulfonamides is 1. The van der Waals surface area contributed by atoms with Crippen LogP contribution in [0.1, 0.15) is 0 Å². The Balaban J connectivity index is 1.55. The number of nitrogens with zero attached hydrogens (tertiary/aromatic N) is 3. The van der Waals surface area contributed by atoms with E-state index in [1.54, 1.807) is 6.07 Å². The molecule has 0 radical (unpaired) electrons. The predicted octanol–water partition coefficient (Wildman–Crippen LogP) is 2.31. The highest BCUT2D eigenvalue weighted by Crippen LogP contribution is 2.24. The molecule has 0 saturated carbocycles. The number of ether oxygens (including phenoxy) is 1. The summed E-state index contributed by atoms with van der Waals surface area (Å²) in [6.45, 7) is -0.131. The van der Waals surface area contributed by atoms with Crippen LogP contribution >= 0.6 is 0 Å². The smallest absolute Gasteiger partial charge is 0.266 e. The van der Waals surface area contributed by atoms with Gasteiger partial charge in [-0.2, -0.15) is 5.10 Å². The number of para-hydroxylation sites is 1. The van der Waals surface area contributed by atoms with Gasteiger partial charge < -0.3 is 4.74 Å². The molecule has 8 nitrogen and oxygen atoms in total. The van der Waals surface area contributed by atoms with Crippen LogP contribution in [-0.2, 0) is 16.6 Å². The van der Waals surface area contributed by atoms with Crippen LogP contribution in [0.15, 0.2) is 76.6 Å². The van der Waals surface area contributed by atoms with Crippen molar-refractivity contribution >= 4 is 20.9 Å². The van der Waals surface area contributed by atoms with Crippen LogP contribution in [0.3, 0.4) is 0 Å². The molecule has 0 amide bonds. The number of benzene rings is 2. The van der Waals surface area contributed by atoms with E-state index in [-0.39, 0.29) is 29.3 Å². The Morgan fingerprint density at radius 3 is 2.71 bits per heavy atom. The van der Waals surface area contributed by atoms with E-state index in [9.17, 15) is 17.6 Å². The second-order valence-electron chi connectivity index (χ2n) is 6.69.